The molecule has 1 N–H and O–H groups in total. The summed E-state index contributed by atoms with van der Waals surface area (Å²) >= 11 is 0. The first kappa shape index (κ1) is 5.89. The summed E-state index contributed by atoms with van der Waals surface area (Å²) < 4.78 is 0. The van der Waals surface area contributed by atoms with Crippen molar-refractivity contribution in [2.75, 3.05) is 0 Å². The molecule has 54 valence electrons. The SMILES string of the molecule is O=C1C[C@@H]2CC[C@@H]1C(=O)N2. The zero-order valence-corrected chi connectivity index (χ0v) is 5.59. The Kier molecular flexibility index (Phi) is 1.07. The molecule has 0 radical (unpaired) electrons. The number of hydrogen-bond donors (Lipinski definition) is 1. The lowest BCUT2D eigenvalue weighted by atomic mass is 9.80. The molecule has 2 heterocycles. The number of piperidine rings is 2. The smallest absolute Gasteiger partial charge is 0.230 e. The van der Waals surface area contributed by atoms with Gasteiger partial charge < -0.3 is 5.32 Å². The Morgan fingerprint density at radius 1 is 1.30 bits per heavy atom. The van der Waals surface area contributed by atoms with Crippen molar-refractivity contribution in [3.8, 4) is 0 Å². The molecule has 2 aliphatic heterocycles. The van der Waals surface area contributed by atoms with Crippen LogP contribution < -0.4 is 5.32 Å². The Bertz CT molecular complexity index is 182. The largest absolute Gasteiger partial charge is 0.352 e. The van der Waals surface area contributed by atoms with Crippen LogP contribution in [0.2, 0.25) is 0 Å². The van der Waals surface area contributed by atoms with Gasteiger partial charge in [0.15, 0.2) is 0 Å². The number of carbonyl (C=O) groups is 2. The molecule has 1 amide bonds. The van der Waals surface area contributed by atoms with E-state index in [1.165, 1.54) is 0 Å². The fourth-order valence-corrected chi connectivity index (χ4v) is 1.72. The minimum Gasteiger partial charge on any atom is -0.352 e. The molecule has 1 saturated carbocycles. The number of carbonyl (C=O) groups excluding carboxylic acids is 2. The first-order valence-electron chi connectivity index (χ1n) is 3.60. The summed E-state index contributed by atoms with van der Waals surface area (Å²) in [6.45, 7) is 0. The summed E-state index contributed by atoms with van der Waals surface area (Å²) in [6, 6.07) is 0.157. The Hall–Kier alpha value is -0.860. The standard InChI is InChI=1S/C7H9NO2/c9-6-3-4-1-2-5(6)7(10)8-4/h4-5H,1-3H2,(H,8,10)/t4-,5-/m0/s1. The van der Waals surface area contributed by atoms with Gasteiger partial charge in [-0.1, -0.05) is 0 Å². The van der Waals surface area contributed by atoms with Crippen LogP contribution in [0.5, 0.6) is 0 Å². The Morgan fingerprint density at radius 3 is 2.50 bits per heavy atom. The fourth-order valence-electron chi connectivity index (χ4n) is 1.72. The van der Waals surface area contributed by atoms with Crippen LogP contribution in [0.15, 0.2) is 0 Å². The van der Waals surface area contributed by atoms with E-state index in [1.807, 2.05) is 0 Å². The topological polar surface area (TPSA) is 46.2 Å². The molecule has 2 saturated heterocycles. The van der Waals surface area contributed by atoms with Crippen LogP contribution in [-0.4, -0.2) is 17.7 Å². The van der Waals surface area contributed by atoms with E-state index in [1.54, 1.807) is 0 Å². The lowest BCUT2D eigenvalue weighted by Gasteiger charge is -2.34. The normalized spacial score (nSPS) is 38.0. The molecule has 3 aliphatic rings. The maximum absolute atomic E-state index is 11.0. The summed E-state index contributed by atoms with van der Waals surface area (Å²) in [5.74, 6) is -0.211. The highest BCUT2D eigenvalue weighted by Crippen LogP contribution is 2.26. The summed E-state index contributed by atoms with van der Waals surface area (Å²) in [6.07, 6.45) is 2.33. The van der Waals surface area contributed by atoms with Gasteiger partial charge in [0.1, 0.15) is 5.78 Å². The molecule has 2 atom stereocenters. The van der Waals surface area contributed by atoms with E-state index in [0.29, 0.717) is 6.42 Å². The maximum atomic E-state index is 11.0. The molecule has 0 aromatic rings. The molecular formula is C7H9NO2. The zero-order chi connectivity index (χ0) is 7.14. The first-order chi connectivity index (χ1) is 4.77. The van der Waals surface area contributed by atoms with Crippen molar-refractivity contribution in [2.45, 2.75) is 25.3 Å². The molecule has 1 aliphatic carbocycles. The number of hydrogen-bond acceptors (Lipinski definition) is 2. The zero-order valence-electron chi connectivity index (χ0n) is 5.59. The van der Waals surface area contributed by atoms with Gasteiger partial charge in [0.2, 0.25) is 5.91 Å². The van der Waals surface area contributed by atoms with Crippen LogP contribution in [-0.2, 0) is 9.59 Å². The molecule has 2 bridgehead atoms. The maximum Gasteiger partial charge on any atom is 0.230 e. The van der Waals surface area contributed by atoms with E-state index < -0.39 is 0 Å². The highest BCUT2D eigenvalue weighted by molar-refractivity contribution is 6.04. The third-order valence-corrected chi connectivity index (χ3v) is 2.30. The summed E-state index contributed by atoms with van der Waals surface area (Å²) in [5, 5.41) is 2.79. The van der Waals surface area contributed by atoms with E-state index in [4.69, 9.17) is 0 Å². The van der Waals surface area contributed by atoms with Gasteiger partial charge >= 0.3 is 0 Å². The van der Waals surface area contributed by atoms with Crippen LogP contribution >= 0.6 is 0 Å². The van der Waals surface area contributed by atoms with E-state index >= 15 is 0 Å². The van der Waals surface area contributed by atoms with Gasteiger partial charge in [-0.05, 0) is 12.8 Å². The summed E-state index contributed by atoms with van der Waals surface area (Å²) in [4.78, 5) is 21.9. The van der Waals surface area contributed by atoms with E-state index in [9.17, 15) is 9.59 Å². The molecule has 0 aromatic carbocycles. The van der Waals surface area contributed by atoms with Crippen LogP contribution in [0.3, 0.4) is 0 Å². The third-order valence-electron chi connectivity index (χ3n) is 2.30. The van der Waals surface area contributed by atoms with Gasteiger partial charge in [-0.3, -0.25) is 9.59 Å². The molecule has 3 fully saturated rings. The van der Waals surface area contributed by atoms with Gasteiger partial charge in [-0.25, -0.2) is 0 Å². The highest BCUT2D eigenvalue weighted by atomic mass is 16.2. The quantitative estimate of drug-likeness (QED) is 0.474. The average molecular weight is 139 g/mol. The Morgan fingerprint density at radius 2 is 2.10 bits per heavy atom. The van der Waals surface area contributed by atoms with Gasteiger partial charge in [0, 0.05) is 12.5 Å². The molecular weight excluding hydrogens is 130 g/mol. The summed E-state index contributed by atoms with van der Waals surface area (Å²) in [7, 11) is 0. The van der Waals surface area contributed by atoms with Crippen molar-refractivity contribution in [1.29, 1.82) is 0 Å². The predicted octanol–water partition coefficient (Wildman–Crippen LogP) is -0.146. The number of rotatable bonds is 0. The molecule has 3 rings (SSSR count). The van der Waals surface area contributed by atoms with Crippen molar-refractivity contribution in [3.63, 3.8) is 0 Å². The lowest BCUT2D eigenvalue weighted by Crippen LogP contribution is -2.53. The van der Waals surface area contributed by atoms with E-state index in [-0.39, 0.29) is 23.7 Å². The van der Waals surface area contributed by atoms with Crippen LogP contribution in [0.25, 0.3) is 0 Å². The van der Waals surface area contributed by atoms with Crippen molar-refractivity contribution in [2.24, 2.45) is 5.92 Å². The van der Waals surface area contributed by atoms with Crippen LogP contribution in [0, 0.1) is 5.92 Å². The second-order valence-electron chi connectivity index (χ2n) is 3.01. The average Bonchev–Trinajstić information content (AvgIpc) is 1.86. The predicted molar refractivity (Wildman–Crippen MR) is 34.3 cm³/mol. The lowest BCUT2D eigenvalue weighted by molar-refractivity contribution is -0.141. The van der Waals surface area contributed by atoms with Crippen molar-refractivity contribution >= 4 is 11.7 Å². The van der Waals surface area contributed by atoms with Gasteiger partial charge in [-0.2, -0.15) is 0 Å². The van der Waals surface area contributed by atoms with Crippen molar-refractivity contribution < 1.29 is 9.59 Å². The molecule has 0 aromatic heterocycles. The van der Waals surface area contributed by atoms with Crippen LogP contribution in [0.1, 0.15) is 19.3 Å². The second kappa shape index (κ2) is 1.81. The van der Waals surface area contributed by atoms with E-state index in [0.717, 1.165) is 12.8 Å². The molecule has 3 heteroatoms. The fraction of sp³-hybridized carbons (Fsp3) is 0.714. The van der Waals surface area contributed by atoms with Gasteiger partial charge in [0.05, 0.1) is 5.92 Å². The number of amides is 1. The molecule has 0 unspecified atom stereocenters. The first-order valence-corrected chi connectivity index (χ1v) is 3.60. The van der Waals surface area contributed by atoms with E-state index in [2.05, 4.69) is 5.32 Å². The van der Waals surface area contributed by atoms with Crippen molar-refractivity contribution in [3.05, 3.63) is 0 Å². The Labute approximate surface area is 58.8 Å². The minimum absolute atomic E-state index is 0.0486. The second-order valence-corrected chi connectivity index (χ2v) is 3.01. The van der Waals surface area contributed by atoms with Gasteiger partial charge in [0.25, 0.3) is 0 Å². The molecule has 0 spiro atoms. The number of ketones is 1. The summed E-state index contributed by atoms with van der Waals surface area (Å²) in [5.41, 5.74) is 0. The number of fused-ring (bicyclic) bond motifs is 3. The molecule has 10 heavy (non-hydrogen) atoms. The highest BCUT2D eigenvalue weighted by Gasteiger charge is 2.39. The number of nitrogens with one attached hydrogen (secondary N) is 1. The van der Waals surface area contributed by atoms with Crippen molar-refractivity contribution in [1.82, 2.24) is 5.32 Å². The third kappa shape index (κ3) is 0.664. The van der Waals surface area contributed by atoms with Crippen LogP contribution in [0.4, 0.5) is 0 Å². The molecule has 3 nitrogen and oxygen atoms in total. The number of Topliss-reactive ketones (excluding diaryl/α,β-unsaturated/α-hetero) is 1. The Balaban J connectivity index is 2.26. The van der Waals surface area contributed by atoms with Gasteiger partial charge in [-0.15, -0.1) is 0 Å². The minimum atomic E-state index is -0.301. The monoisotopic (exact) mass is 139 g/mol.